The average Bonchev–Trinajstić information content (AvgIpc) is 3.14. The van der Waals surface area contributed by atoms with Crippen LogP contribution in [0, 0.1) is 0 Å². The minimum Gasteiger partial charge on any atom is -0.492 e. The number of rotatable bonds is 9. The van der Waals surface area contributed by atoms with Crippen molar-refractivity contribution >= 4 is 11.9 Å². The van der Waals surface area contributed by atoms with Crippen LogP contribution in [0.5, 0.6) is 5.75 Å². The van der Waals surface area contributed by atoms with Gasteiger partial charge in [0.1, 0.15) is 19.0 Å². The number of ether oxygens (including phenoxy) is 2. The molecule has 1 aliphatic heterocycles. The number of ketones is 1. The monoisotopic (exact) mass is 370 g/mol. The van der Waals surface area contributed by atoms with E-state index >= 15 is 0 Å². The van der Waals surface area contributed by atoms with E-state index in [0.717, 1.165) is 44.3 Å². The van der Waals surface area contributed by atoms with Crippen LogP contribution in [-0.4, -0.2) is 59.9 Å². The Morgan fingerprint density at radius 2 is 2.07 bits per heavy atom. The second-order valence-electron chi connectivity index (χ2n) is 6.47. The predicted molar refractivity (Wildman–Crippen MR) is 104 cm³/mol. The normalized spacial score (nSPS) is 15.3. The molecule has 6 heteroatoms. The van der Waals surface area contributed by atoms with Gasteiger partial charge in [-0.3, -0.25) is 9.69 Å². The first kappa shape index (κ1) is 19.4. The molecule has 1 aromatic heterocycles. The predicted octanol–water partition coefficient (Wildman–Crippen LogP) is 1.97. The topological polar surface area (TPSA) is 63.9 Å². The van der Waals surface area contributed by atoms with Crippen LogP contribution < -0.4 is 4.74 Å². The van der Waals surface area contributed by atoms with Crippen LogP contribution in [0.25, 0.3) is 6.08 Å². The Bertz CT molecular complexity index is 763. The molecule has 0 aliphatic carbocycles. The lowest BCUT2D eigenvalue weighted by Gasteiger charge is -2.26. The lowest BCUT2D eigenvalue weighted by molar-refractivity contribution is -0.117. The highest BCUT2D eigenvalue weighted by atomic mass is 16.5. The quantitative estimate of drug-likeness (QED) is 0.684. The van der Waals surface area contributed by atoms with E-state index in [0.29, 0.717) is 13.2 Å². The second kappa shape index (κ2) is 10.1. The third kappa shape index (κ3) is 6.06. The zero-order chi connectivity index (χ0) is 18.9. The zero-order valence-corrected chi connectivity index (χ0v) is 15.4. The maximum absolute atomic E-state index is 11.2. The molecule has 1 aromatic carbocycles. The minimum absolute atomic E-state index is 0.309. The summed E-state index contributed by atoms with van der Waals surface area (Å²) in [5.41, 5.74) is 2.14. The van der Waals surface area contributed by atoms with Gasteiger partial charge in [-0.05, 0) is 42.0 Å². The Labute approximate surface area is 159 Å². The number of aliphatic hydroxyl groups is 1. The molecule has 0 bridgehead atoms. The summed E-state index contributed by atoms with van der Waals surface area (Å²) in [6.07, 6.45) is 5.05. The molecule has 3 rings (SSSR count). The maximum Gasteiger partial charge on any atom is 0.181 e. The summed E-state index contributed by atoms with van der Waals surface area (Å²) in [4.78, 5) is 13.6. The molecule has 6 nitrogen and oxygen atoms in total. The van der Waals surface area contributed by atoms with Gasteiger partial charge in [0.2, 0.25) is 0 Å². The fourth-order valence-corrected chi connectivity index (χ4v) is 3.03. The van der Waals surface area contributed by atoms with Gasteiger partial charge in [0.15, 0.2) is 5.78 Å². The average molecular weight is 370 g/mol. The summed E-state index contributed by atoms with van der Waals surface area (Å²) in [5.74, 6) is 0.552. The van der Waals surface area contributed by atoms with E-state index in [1.807, 2.05) is 35.0 Å². The molecule has 1 aliphatic rings. The number of hydrogen-bond acceptors (Lipinski definition) is 5. The van der Waals surface area contributed by atoms with E-state index < -0.39 is 6.61 Å². The summed E-state index contributed by atoms with van der Waals surface area (Å²) in [5, 5.41) is 8.79. The van der Waals surface area contributed by atoms with E-state index in [-0.39, 0.29) is 5.78 Å². The van der Waals surface area contributed by atoms with Crippen molar-refractivity contribution in [2.75, 3.05) is 39.5 Å². The van der Waals surface area contributed by atoms with Crippen LogP contribution in [0.15, 0.2) is 48.7 Å². The van der Waals surface area contributed by atoms with Gasteiger partial charge >= 0.3 is 0 Å². The number of aromatic nitrogens is 1. The largest absolute Gasteiger partial charge is 0.492 e. The lowest BCUT2D eigenvalue weighted by atomic mass is 10.2. The highest BCUT2D eigenvalue weighted by Crippen LogP contribution is 2.16. The smallest absolute Gasteiger partial charge is 0.181 e. The van der Waals surface area contributed by atoms with E-state index in [2.05, 4.69) is 17.0 Å². The van der Waals surface area contributed by atoms with Crippen LogP contribution in [0.3, 0.4) is 0 Å². The fourth-order valence-electron chi connectivity index (χ4n) is 3.03. The Hall–Kier alpha value is -2.41. The highest BCUT2D eigenvalue weighted by molar-refractivity contribution is 5.94. The van der Waals surface area contributed by atoms with E-state index in [9.17, 15) is 4.79 Å². The van der Waals surface area contributed by atoms with Crippen molar-refractivity contribution in [3.8, 4) is 5.75 Å². The van der Waals surface area contributed by atoms with Crippen molar-refractivity contribution in [3.63, 3.8) is 0 Å². The van der Waals surface area contributed by atoms with Gasteiger partial charge in [-0.1, -0.05) is 12.1 Å². The van der Waals surface area contributed by atoms with Crippen LogP contribution in [0.4, 0.5) is 0 Å². The summed E-state index contributed by atoms with van der Waals surface area (Å²) < 4.78 is 13.3. The van der Waals surface area contributed by atoms with Gasteiger partial charge in [-0.25, -0.2) is 0 Å². The van der Waals surface area contributed by atoms with Gasteiger partial charge in [-0.15, -0.1) is 0 Å². The molecular weight excluding hydrogens is 344 g/mol. The number of carbonyl (C=O) groups is 1. The molecule has 1 N–H and O–H groups in total. The first-order valence-corrected chi connectivity index (χ1v) is 9.23. The Morgan fingerprint density at radius 1 is 1.22 bits per heavy atom. The summed E-state index contributed by atoms with van der Waals surface area (Å²) in [6.45, 7) is 5.17. The number of aliphatic hydroxyl groups excluding tert-OH is 1. The summed E-state index contributed by atoms with van der Waals surface area (Å²) in [6, 6.07) is 12.0. The zero-order valence-electron chi connectivity index (χ0n) is 15.4. The highest BCUT2D eigenvalue weighted by Gasteiger charge is 2.11. The van der Waals surface area contributed by atoms with Crippen molar-refractivity contribution in [2.24, 2.45) is 0 Å². The Kier molecular flexibility index (Phi) is 7.21. The molecular formula is C21H26N2O4. The molecule has 144 valence electrons. The molecule has 1 saturated heterocycles. The number of hydrogen-bond donors (Lipinski definition) is 1. The van der Waals surface area contributed by atoms with Crippen molar-refractivity contribution in [2.45, 2.75) is 13.1 Å². The van der Waals surface area contributed by atoms with Crippen LogP contribution >= 0.6 is 0 Å². The molecule has 1 fully saturated rings. The molecule has 0 saturated carbocycles. The molecule has 27 heavy (non-hydrogen) atoms. The van der Waals surface area contributed by atoms with Gasteiger partial charge in [-0.2, -0.15) is 0 Å². The van der Waals surface area contributed by atoms with Gasteiger partial charge < -0.3 is 19.1 Å². The molecule has 0 unspecified atom stereocenters. The minimum atomic E-state index is -0.471. The third-order valence-corrected chi connectivity index (χ3v) is 4.47. The number of nitrogens with zero attached hydrogens (tertiary/aromatic N) is 2. The number of morpholine rings is 1. The number of benzene rings is 1. The SMILES string of the molecule is O=C(/C=C/c1cccn1CCOc1cccc(CN2CCOCC2)c1)CO. The van der Waals surface area contributed by atoms with Crippen molar-refractivity contribution in [3.05, 3.63) is 59.9 Å². The van der Waals surface area contributed by atoms with E-state index in [1.165, 1.54) is 11.6 Å². The molecule has 2 aromatic rings. The van der Waals surface area contributed by atoms with Crippen LogP contribution in [0.1, 0.15) is 11.3 Å². The lowest BCUT2D eigenvalue weighted by Crippen LogP contribution is -2.35. The van der Waals surface area contributed by atoms with Crippen molar-refractivity contribution < 1.29 is 19.4 Å². The first-order valence-electron chi connectivity index (χ1n) is 9.23. The first-order chi connectivity index (χ1) is 13.2. The third-order valence-electron chi connectivity index (χ3n) is 4.47. The Morgan fingerprint density at radius 3 is 2.89 bits per heavy atom. The molecule has 0 radical (unpaired) electrons. The summed E-state index contributed by atoms with van der Waals surface area (Å²) >= 11 is 0. The molecule has 0 spiro atoms. The molecule has 0 amide bonds. The van der Waals surface area contributed by atoms with Crippen LogP contribution in [-0.2, 0) is 22.6 Å². The molecule has 2 heterocycles. The second-order valence-corrected chi connectivity index (χ2v) is 6.47. The fraction of sp³-hybridized carbons (Fsp3) is 0.381. The van der Waals surface area contributed by atoms with Crippen molar-refractivity contribution in [1.29, 1.82) is 0 Å². The standard InChI is InChI=1S/C21H26N2O4/c24-17-20(25)7-6-19-4-2-8-23(19)11-14-27-21-5-1-3-18(15-21)16-22-9-12-26-13-10-22/h1-8,15,24H,9-14,16-17H2/b7-6+. The van der Waals surface area contributed by atoms with Gasteiger partial charge in [0, 0.05) is 31.5 Å². The van der Waals surface area contributed by atoms with Gasteiger partial charge in [0.25, 0.3) is 0 Å². The number of carbonyl (C=O) groups excluding carboxylic acids is 1. The summed E-state index contributed by atoms with van der Waals surface area (Å²) in [7, 11) is 0. The maximum atomic E-state index is 11.2. The van der Waals surface area contributed by atoms with Gasteiger partial charge in [0.05, 0.1) is 19.8 Å². The Balaban J connectivity index is 1.51. The van der Waals surface area contributed by atoms with Crippen LogP contribution in [0.2, 0.25) is 0 Å². The van der Waals surface area contributed by atoms with E-state index in [1.54, 1.807) is 6.08 Å². The van der Waals surface area contributed by atoms with Crippen molar-refractivity contribution in [1.82, 2.24) is 9.47 Å². The molecule has 0 atom stereocenters. The van der Waals surface area contributed by atoms with E-state index in [4.69, 9.17) is 14.6 Å².